The third-order valence-electron chi connectivity index (χ3n) is 3.78. The van der Waals surface area contributed by atoms with E-state index in [4.69, 9.17) is 17.3 Å². The summed E-state index contributed by atoms with van der Waals surface area (Å²) in [4.78, 5) is 16.1. The first-order chi connectivity index (χ1) is 10.1. The predicted molar refractivity (Wildman–Crippen MR) is 80.8 cm³/mol. The van der Waals surface area contributed by atoms with Crippen molar-refractivity contribution in [2.24, 2.45) is 5.73 Å². The topological polar surface area (TPSA) is 72.9 Å². The number of carbonyl (C=O) groups excluding carboxylic acids is 1. The number of nitrogens with two attached hydrogens (primary N) is 1. The largest absolute Gasteiger partial charge is 0.368 e. The Labute approximate surface area is 128 Å². The number of rotatable bonds is 5. The lowest BCUT2D eigenvalue weighted by atomic mass is 10.1. The molecule has 0 saturated heterocycles. The average Bonchev–Trinajstić information content (AvgIpc) is 3.05. The summed E-state index contributed by atoms with van der Waals surface area (Å²) in [5.74, 6) is 0.715. The Kier molecular flexibility index (Phi) is 3.94. The van der Waals surface area contributed by atoms with Crippen molar-refractivity contribution in [1.82, 2.24) is 14.9 Å². The number of halogens is 1. The summed E-state index contributed by atoms with van der Waals surface area (Å²) in [5.41, 5.74) is 7.40. The quantitative estimate of drug-likeness (QED) is 0.884. The molecule has 3 N–H and O–H groups in total. The average molecular weight is 305 g/mol. The molecule has 2 aromatic rings. The maximum atomic E-state index is 11.7. The van der Waals surface area contributed by atoms with Gasteiger partial charge in [-0.3, -0.25) is 10.1 Å². The number of carbonyl (C=O) groups is 1. The summed E-state index contributed by atoms with van der Waals surface area (Å²) in [5, 5.41) is 3.84. The van der Waals surface area contributed by atoms with E-state index in [9.17, 15) is 4.79 Å². The van der Waals surface area contributed by atoms with Crippen LogP contribution in [0.25, 0.3) is 0 Å². The number of primary amides is 1. The molecule has 1 aromatic carbocycles. The number of nitrogens with one attached hydrogen (secondary N) is 1. The summed E-state index contributed by atoms with van der Waals surface area (Å²) < 4.78 is 2.20. The number of aryl methyl sites for hydroxylation is 1. The summed E-state index contributed by atoms with van der Waals surface area (Å²) in [6.45, 7) is 1.55. The van der Waals surface area contributed by atoms with Gasteiger partial charge in [-0.25, -0.2) is 4.98 Å². The van der Waals surface area contributed by atoms with Crippen molar-refractivity contribution < 1.29 is 4.79 Å². The van der Waals surface area contributed by atoms with Gasteiger partial charge in [0, 0.05) is 30.7 Å². The molecule has 0 aliphatic carbocycles. The van der Waals surface area contributed by atoms with Crippen LogP contribution in [0.1, 0.15) is 29.5 Å². The molecule has 0 saturated carbocycles. The zero-order valence-electron chi connectivity index (χ0n) is 11.6. The van der Waals surface area contributed by atoms with E-state index in [2.05, 4.69) is 14.9 Å². The van der Waals surface area contributed by atoms with Crippen molar-refractivity contribution >= 4 is 17.5 Å². The van der Waals surface area contributed by atoms with Gasteiger partial charge in [0.1, 0.15) is 11.9 Å². The molecule has 3 rings (SSSR count). The maximum Gasteiger partial charge on any atom is 0.239 e. The Bertz CT molecular complexity index is 650. The van der Waals surface area contributed by atoms with Crippen molar-refractivity contribution in [3.8, 4) is 0 Å². The fraction of sp³-hybridized carbons (Fsp3) is 0.333. The molecule has 110 valence electrons. The summed E-state index contributed by atoms with van der Waals surface area (Å²) >= 11 is 5.87. The van der Waals surface area contributed by atoms with Crippen molar-refractivity contribution in [2.45, 2.75) is 32.0 Å². The molecule has 0 fully saturated rings. The summed E-state index contributed by atoms with van der Waals surface area (Å²) in [6, 6.07) is 6.60. The lowest BCUT2D eigenvalue weighted by molar-refractivity contribution is -0.120. The van der Waals surface area contributed by atoms with Gasteiger partial charge in [0.05, 0.1) is 5.69 Å². The highest BCUT2D eigenvalue weighted by Gasteiger charge is 2.20. The van der Waals surface area contributed by atoms with Gasteiger partial charge >= 0.3 is 0 Å². The molecular formula is C15H17ClN4O. The van der Waals surface area contributed by atoms with E-state index < -0.39 is 11.9 Å². The van der Waals surface area contributed by atoms with Crippen LogP contribution in [0.3, 0.4) is 0 Å². The normalized spacial score (nSPS) is 14.9. The molecule has 6 heteroatoms. The van der Waals surface area contributed by atoms with Gasteiger partial charge in [-0.05, 0) is 24.1 Å². The van der Waals surface area contributed by atoms with Gasteiger partial charge in [-0.2, -0.15) is 0 Å². The minimum absolute atomic E-state index is 0.404. The molecule has 1 atom stereocenters. The van der Waals surface area contributed by atoms with Crippen LogP contribution in [-0.4, -0.2) is 15.5 Å². The number of amides is 1. The highest BCUT2D eigenvalue weighted by Crippen LogP contribution is 2.19. The fourth-order valence-electron chi connectivity index (χ4n) is 2.71. The summed E-state index contributed by atoms with van der Waals surface area (Å²) in [7, 11) is 0. The molecule has 1 amide bonds. The Morgan fingerprint density at radius 3 is 2.90 bits per heavy atom. The number of hydrogen-bond acceptors (Lipinski definition) is 3. The van der Waals surface area contributed by atoms with Crippen LogP contribution >= 0.6 is 11.6 Å². The lowest BCUT2D eigenvalue weighted by Crippen LogP contribution is -2.33. The van der Waals surface area contributed by atoms with Crippen molar-refractivity contribution in [3.63, 3.8) is 0 Å². The Balaban J connectivity index is 1.73. The van der Waals surface area contributed by atoms with Gasteiger partial charge < -0.3 is 10.3 Å². The van der Waals surface area contributed by atoms with Gasteiger partial charge in [-0.1, -0.05) is 23.7 Å². The minimum Gasteiger partial charge on any atom is -0.368 e. The lowest BCUT2D eigenvalue weighted by Gasteiger charge is -2.16. The van der Waals surface area contributed by atoms with E-state index in [1.165, 1.54) is 0 Å². The molecule has 0 radical (unpaired) electrons. The van der Waals surface area contributed by atoms with E-state index in [1.807, 2.05) is 18.3 Å². The second-order valence-electron chi connectivity index (χ2n) is 5.19. The molecule has 5 nitrogen and oxygen atoms in total. The van der Waals surface area contributed by atoms with Gasteiger partial charge in [0.25, 0.3) is 0 Å². The Hall–Kier alpha value is -1.85. The van der Waals surface area contributed by atoms with Crippen molar-refractivity contribution in [2.75, 3.05) is 0 Å². The van der Waals surface area contributed by atoms with Crippen LogP contribution in [0, 0.1) is 0 Å². The smallest absolute Gasteiger partial charge is 0.239 e. The van der Waals surface area contributed by atoms with E-state index in [0.717, 1.165) is 36.5 Å². The first-order valence-electron chi connectivity index (χ1n) is 6.96. The molecule has 1 unspecified atom stereocenters. The molecule has 0 spiro atoms. The number of hydrogen-bond donors (Lipinski definition) is 2. The highest BCUT2D eigenvalue weighted by molar-refractivity contribution is 6.30. The third-order valence-corrected chi connectivity index (χ3v) is 4.03. The van der Waals surface area contributed by atoms with Crippen LogP contribution < -0.4 is 11.1 Å². The van der Waals surface area contributed by atoms with Crippen LogP contribution in [0.15, 0.2) is 30.5 Å². The van der Waals surface area contributed by atoms with Crippen LogP contribution in [0.4, 0.5) is 0 Å². The van der Waals surface area contributed by atoms with Crippen molar-refractivity contribution in [1.29, 1.82) is 0 Å². The Morgan fingerprint density at radius 2 is 2.19 bits per heavy atom. The summed E-state index contributed by atoms with van der Waals surface area (Å²) in [6.07, 6.45) is 4.02. The monoisotopic (exact) mass is 304 g/mol. The van der Waals surface area contributed by atoms with Crippen molar-refractivity contribution in [3.05, 3.63) is 52.6 Å². The number of aromatic nitrogens is 2. The first kappa shape index (κ1) is 14.1. The van der Waals surface area contributed by atoms with E-state index in [0.29, 0.717) is 11.6 Å². The van der Waals surface area contributed by atoms with Gasteiger partial charge in [-0.15, -0.1) is 0 Å². The molecule has 1 aliphatic heterocycles. The molecular weight excluding hydrogens is 288 g/mol. The molecule has 1 aliphatic rings. The second-order valence-corrected chi connectivity index (χ2v) is 5.63. The molecule has 1 aromatic heterocycles. The zero-order chi connectivity index (χ0) is 14.8. The van der Waals surface area contributed by atoms with Crippen LogP contribution in [0.5, 0.6) is 0 Å². The molecule has 21 heavy (non-hydrogen) atoms. The van der Waals surface area contributed by atoms with Crippen LogP contribution in [-0.2, 0) is 24.3 Å². The van der Waals surface area contributed by atoms with E-state index in [-0.39, 0.29) is 0 Å². The third kappa shape index (κ3) is 2.94. The number of benzene rings is 1. The standard InChI is InChI=1S/C15H17ClN4O/c16-11-5-3-10(4-6-11)14(15(17)21)19-9-12-8-18-13-2-1-7-20(12)13/h3-6,8,14,19H,1-2,7,9H2,(H2,17,21). The van der Waals surface area contributed by atoms with Gasteiger partial charge in [0.15, 0.2) is 0 Å². The molecule has 2 heterocycles. The second kappa shape index (κ2) is 5.87. The van der Waals surface area contributed by atoms with Gasteiger partial charge in [0.2, 0.25) is 5.91 Å². The van der Waals surface area contributed by atoms with E-state index in [1.54, 1.807) is 12.1 Å². The molecule has 0 bridgehead atoms. The first-order valence-corrected chi connectivity index (χ1v) is 7.34. The van der Waals surface area contributed by atoms with E-state index >= 15 is 0 Å². The highest BCUT2D eigenvalue weighted by atomic mass is 35.5. The Morgan fingerprint density at radius 1 is 1.43 bits per heavy atom. The zero-order valence-corrected chi connectivity index (χ0v) is 12.3. The number of fused-ring (bicyclic) bond motifs is 1. The van der Waals surface area contributed by atoms with Crippen LogP contribution in [0.2, 0.25) is 5.02 Å². The minimum atomic E-state index is -0.533. The SMILES string of the molecule is NC(=O)C(NCc1cnc2n1CCC2)c1ccc(Cl)cc1. The number of nitrogens with zero attached hydrogens (tertiary/aromatic N) is 2. The number of imidazole rings is 1. The fourth-order valence-corrected chi connectivity index (χ4v) is 2.83. The predicted octanol–water partition coefficient (Wildman–Crippen LogP) is 1.80. The maximum absolute atomic E-state index is 11.7.